The van der Waals surface area contributed by atoms with Gasteiger partial charge in [0.1, 0.15) is 11.4 Å². The van der Waals surface area contributed by atoms with Crippen LogP contribution in [0.4, 0.5) is 4.79 Å². The molecule has 5 rings (SSSR count). The summed E-state index contributed by atoms with van der Waals surface area (Å²) in [5.74, 6) is 7.13. The summed E-state index contributed by atoms with van der Waals surface area (Å²) in [6.45, 7) is 8.19. The number of hydrogen-bond acceptors (Lipinski definition) is 4. The van der Waals surface area contributed by atoms with E-state index in [1.165, 1.54) is 24.0 Å². The molecule has 2 aliphatic carbocycles. The predicted octanol–water partition coefficient (Wildman–Crippen LogP) is 4.89. The molecule has 1 aromatic carbocycles. The summed E-state index contributed by atoms with van der Waals surface area (Å²) in [5.41, 5.74) is 1.95. The number of rotatable bonds is 4. The number of hydrogen-bond donors (Lipinski definition) is 1. The van der Waals surface area contributed by atoms with E-state index in [1.54, 1.807) is 0 Å². The molecule has 0 bridgehead atoms. The lowest BCUT2D eigenvalue weighted by molar-refractivity contribution is -0.00926. The average Bonchev–Trinajstić information content (AvgIpc) is 3.51. The normalized spacial score (nSPS) is 33.1. The predicted molar refractivity (Wildman–Crippen MR) is 134 cm³/mol. The van der Waals surface area contributed by atoms with Crippen molar-refractivity contribution in [2.24, 2.45) is 5.92 Å². The lowest BCUT2D eigenvalue weighted by atomic mass is 9.53. The van der Waals surface area contributed by atoms with Gasteiger partial charge in [-0.15, -0.1) is 5.92 Å². The molecular formula is C29H40N2O3. The van der Waals surface area contributed by atoms with Gasteiger partial charge in [-0.3, -0.25) is 0 Å². The number of aryl methyl sites for hydroxylation is 1. The molecule has 1 saturated carbocycles. The van der Waals surface area contributed by atoms with Crippen molar-refractivity contribution in [2.45, 2.75) is 95.1 Å². The van der Waals surface area contributed by atoms with E-state index in [0.717, 1.165) is 77.5 Å². The van der Waals surface area contributed by atoms with Crippen LogP contribution in [0.15, 0.2) is 18.2 Å². The van der Waals surface area contributed by atoms with Gasteiger partial charge >= 0.3 is 6.09 Å². The van der Waals surface area contributed by atoms with Crippen molar-refractivity contribution in [3.8, 4) is 17.6 Å². The van der Waals surface area contributed by atoms with Crippen LogP contribution in [-0.4, -0.2) is 58.8 Å². The van der Waals surface area contributed by atoms with Gasteiger partial charge in [0.15, 0.2) is 0 Å². The number of carbonyl (C=O) groups is 1. The SMILES string of the molecule is CC#C[C@@]1(O)CC[C@]2(CC)c3ccc(OC(=O)N4CCCC4CN4CCCC4)cc3CC[C@@H]2C1. The van der Waals surface area contributed by atoms with Gasteiger partial charge in [0.2, 0.25) is 0 Å². The van der Waals surface area contributed by atoms with Crippen LogP contribution in [-0.2, 0) is 11.8 Å². The highest BCUT2D eigenvalue weighted by Crippen LogP contribution is 2.54. The van der Waals surface area contributed by atoms with E-state index >= 15 is 0 Å². The standard InChI is InChI=1S/C29H40N2O3/c1-3-13-28(33)14-15-29(4-2)23(20-28)10-9-22-19-25(11-12-26(22)29)34-27(32)31-18-7-8-24(31)21-30-16-5-6-17-30/h11-12,19,23-24,33H,4-10,14-18,20-21H2,1-2H3/t23-,24?,28-,29+/m1/s1. The van der Waals surface area contributed by atoms with Crippen LogP contribution >= 0.6 is 0 Å². The maximum absolute atomic E-state index is 13.1. The minimum Gasteiger partial charge on any atom is -0.410 e. The maximum atomic E-state index is 13.1. The number of aliphatic hydroxyl groups is 1. The van der Waals surface area contributed by atoms with E-state index in [2.05, 4.69) is 35.8 Å². The van der Waals surface area contributed by atoms with Crippen LogP contribution in [0.1, 0.15) is 82.8 Å². The van der Waals surface area contributed by atoms with E-state index in [9.17, 15) is 9.90 Å². The molecule has 4 aliphatic rings. The number of carbonyl (C=O) groups excluding carboxylic acids is 1. The molecule has 0 spiro atoms. The fraction of sp³-hybridized carbons (Fsp3) is 0.690. The van der Waals surface area contributed by atoms with E-state index < -0.39 is 5.60 Å². The van der Waals surface area contributed by atoms with Gasteiger partial charge in [-0.05, 0) is 119 Å². The second kappa shape index (κ2) is 9.55. The number of benzene rings is 1. The first kappa shape index (κ1) is 23.7. The zero-order valence-corrected chi connectivity index (χ0v) is 20.9. The largest absolute Gasteiger partial charge is 0.415 e. The van der Waals surface area contributed by atoms with Crippen LogP contribution < -0.4 is 4.74 Å². The van der Waals surface area contributed by atoms with Crippen LogP contribution in [0.3, 0.4) is 0 Å². The third-order valence-corrected chi connectivity index (χ3v) is 9.20. The van der Waals surface area contributed by atoms with Crippen molar-refractivity contribution in [3.05, 3.63) is 29.3 Å². The van der Waals surface area contributed by atoms with E-state index in [1.807, 2.05) is 17.9 Å². The molecule has 34 heavy (non-hydrogen) atoms. The van der Waals surface area contributed by atoms with Crippen LogP contribution in [0.25, 0.3) is 0 Å². The number of ether oxygens (including phenoxy) is 1. The summed E-state index contributed by atoms with van der Waals surface area (Å²) in [6.07, 6.45) is 10.0. The van der Waals surface area contributed by atoms with Crippen molar-refractivity contribution in [1.29, 1.82) is 0 Å². The van der Waals surface area contributed by atoms with E-state index in [0.29, 0.717) is 11.7 Å². The number of amides is 1. The number of likely N-dealkylation sites (tertiary alicyclic amines) is 2. The molecule has 0 radical (unpaired) electrons. The highest BCUT2D eigenvalue weighted by atomic mass is 16.6. The Bertz CT molecular complexity index is 975. The monoisotopic (exact) mass is 464 g/mol. The van der Waals surface area contributed by atoms with Crippen molar-refractivity contribution in [1.82, 2.24) is 9.80 Å². The molecule has 5 heteroatoms. The molecule has 0 aromatic heterocycles. The Kier molecular flexibility index (Phi) is 6.66. The Labute approximate surface area is 204 Å². The van der Waals surface area contributed by atoms with Crippen LogP contribution in [0.2, 0.25) is 0 Å². The lowest BCUT2D eigenvalue weighted by Gasteiger charge is -2.52. The molecule has 184 valence electrons. The molecule has 2 aliphatic heterocycles. The quantitative estimate of drug-likeness (QED) is 0.645. The first-order chi connectivity index (χ1) is 16.5. The summed E-state index contributed by atoms with van der Waals surface area (Å²) in [6, 6.07) is 6.59. The highest BCUT2D eigenvalue weighted by Gasteiger charge is 2.50. The third-order valence-electron chi connectivity index (χ3n) is 9.20. The van der Waals surface area contributed by atoms with Crippen LogP contribution in [0.5, 0.6) is 5.75 Å². The second-order valence-electron chi connectivity index (χ2n) is 11.0. The first-order valence-electron chi connectivity index (χ1n) is 13.5. The molecular weight excluding hydrogens is 424 g/mol. The van der Waals surface area contributed by atoms with Gasteiger partial charge in [0.25, 0.3) is 0 Å². The second-order valence-corrected chi connectivity index (χ2v) is 11.0. The molecule has 1 aromatic rings. The fourth-order valence-electron chi connectivity index (χ4n) is 7.42. The Morgan fingerprint density at radius 1 is 1.18 bits per heavy atom. The maximum Gasteiger partial charge on any atom is 0.415 e. The Morgan fingerprint density at radius 3 is 2.76 bits per heavy atom. The zero-order chi connectivity index (χ0) is 23.8. The van der Waals surface area contributed by atoms with Gasteiger partial charge < -0.3 is 19.6 Å². The van der Waals surface area contributed by atoms with Crippen molar-refractivity contribution in [3.63, 3.8) is 0 Å². The minimum absolute atomic E-state index is 0.0908. The van der Waals surface area contributed by atoms with Gasteiger partial charge in [0, 0.05) is 19.1 Å². The van der Waals surface area contributed by atoms with Crippen molar-refractivity contribution >= 4 is 6.09 Å². The molecule has 1 unspecified atom stereocenters. The molecule has 1 amide bonds. The van der Waals surface area contributed by atoms with Gasteiger partial charge in [-0.25, -0.2) is 4.79 Å². The smallest absolute Gasteiger partial charge is 0.410 e. The third kappa shape index (κ3) is 4.36. The number of nitrogens with zero attached hydrogens (tertiary/aromatic N) is 2. The highest BCUT2D eigenvalue weighted by molar-refractivity contribution is 5.71. The van der Waals surface area contributed by atoms with Gasteiger partial charge in [0.05, 0.1) is 0 Å². The molecule has 4 atom stereocenters. The Morgan fingerprint density at radius 2 is 2.00 bits per heavy atom. The first-order valence-corrected chi connectivity index (χ1v) is 13.5. The van der Waals surface area contributed by atoms with Crippen LogP contribution in [0, 0.1) is 17.8 Å². The Balaban J connectivity index is 1.30. The van der Waals surface area contributed by atoms with Gasteiger partial charge in [-0.2, -0.15) is 0 Å². The Hall–Kier alpha value is -2.03. The zero-order valence-electron chi connectivity index (χ0n) is 20.9. The van der Waals surface area contributed by atoms with Crippen molar-refractivity contribution in [2.75, 3.05) is 26.2 Å². The summed E-state index contributed by atoms with van der Waals surface area (Å²) < 4.78 is 5.94. The molecule has 2 heterocycles. The summed E-state index contributed by atoms with van der Waals surface area (Å²) in [7, 11) is 0. The van der Waals surface area contributed by atoms with Crippen molar-refractivity contribution < 1.29 is 14.6 Å². The van der Waals surface area contributed by atoms with Gasteiger partial charge in [-0.1, -0.05) is 18.9 Å². The molecule has 5 nitrogen and oxygen atoms in total. The summed E-state index contributed by atoms with van der Waals surface area (Å²) in [5, 5.41) is 11.0. The number of fused-ring (bicyclic) bond motifs is 3. The average molecular weight is 465 g/mol. The lowest BCUT2D eigenvalue weighted by Crippen LogP contribution is -2.49. The summed E-state index contributed by atoms with van der Waals surface area (Å²) >= 11 is 0. The van der Waals surface area contributed by atoms with E-state index in [-0.39, 0.29) is 17.6 Å². The van der Waals surface area contributed by atoms with E-state index in [4.69, 9.17) is 4.74 Å². The molecule has 1 N–H and O–H groups in total. The fourth-order valence-corrected chi connectivity index (χ4v) is 7.42. The molecule has 2 saturated heterocycles. The topological polar surface area (TPSA) is 53.0 Å². The molecule has 3 fully saturated rings. The minimum atomic E-state index is -0.841. The summed E-state index contributed by atoms with van der Waals surface area (Å²) in [4.78, 5) is 17.5.